The molecule has 0 radical (unpaired) electrons. The summed E-state index contributed by atoms with van der Waals surface area (Å²) < 4.78 is 0. The van der Waals surface area contributed by atoms with Crippen molar-refractivity contribution < 1.29 is 0 Å². The van der Waals surface area contributed by atoms with E-state index in [9.17, 15) is 0 Å². The maximum Gasteiger partial charge on any atom is 0.212 e. The SMILES string of the molecule is C(=N\NC1=NCCN1)/c1cccs1. The average molecular weight is 194 g/mol. The average Bonchev–Trinajstić information content (AvgIpc) is 2.75. The van der Waals surface area contributed by atoms with Crippen LogP contribution in [-0.2, 0) is 0 Å². The molecule has 2 heterocycles. The first-order chi connectivity index (χ1) is 6.45. The predicted octanol–water partition coefficient (Wildman–Crippen LogP) is 0.631. The summed E-state index contributed by atoms with van der Waals surface area (Å²) >= 11 is 1.66. The highest BCUT2D eigenvalue weighted by atomic mass is 32.1. The van der Waals surface area contributed by atoms with Crippen molar-refractivity contribution in [1.82, 2.24) is 10.7 Å². The Morgan fingerprint density at radius 1 is 1.69 bits per heavy atom. The summed E-state index contributed by atoms with van der Waals surface area (Å²) in [6, 6.07) is 4.01. The van der Waals surface area contributed by atoms with Gasteiger partial charge >= 0.3 is 0 Å². The van der Waals surface area contributed by atoms with Crippen LogP contribution in [0.1, 0.15) is 4.88 Å². The van der Waals surface area contributed by atoms with Gasteiger partial charge in [-0.15, -0.1) is 11.3 Å². The van der Waals surface area contributed by atoms with Gasteiger partial charge in [-0.2, -0.15) is 5.10 Å². The summed E-state index contributed by atoms with van der Waals surface area (Å²) in [5, 5.41) is 9.12. The van der Waals surface area contributed by atoms with E-state index in [4.69, 9.17) is 0 Å². The van der Waals surface area contributed by atoms with Crippen LogP contribution in [0.4, 0.5) is 0 Å². The first-order valence-electron chi connectivity index (χ1n) is 4.06. The van der Waals surface area contributed by atoms with Crippen LogP contribution in [0.3, 0.4) is 0 Å². The Morgan fingerprint density at radius 3 is 3.38 bits per heavy atom. The first-order valence-corrected chi connectivity index (χ1v) is 4.94. The van der Waals surface area contributed by atoms with Gasteiger partial charge in [0.1, 0.15) is 0 Å². The molecule has 4 nitrogen and oxygen atoms in total. The molecule has 0 aliphatic carbocycles. The van der Waals surface area contributed by atoms with E-state index in [2.05, 4.69) is 20.8 Å². The molecule has 0 saturated carbocycles. The minimum atomic E-state index is 0.757. The fourth-order valence-corrected chi connectivity index (χ4v) is 1.58. The molecule has 2 rings (SSSR count). The van der Waals surface area contributed by atoms with E-state index in [1.54, 1.807) is 17.6 Å². The zero-order valence-electron chi connectivity index (χ0n) is 7.03. The number of hydrazone groups is 1. The zero-order valence-corrected chi connectivity index (χ0v) is 7.84. The number of thiophene rings is 1. The molecule has 0 saturated heterocycles. The minimum absolute atomic E-state index is 0.757. The lowest BCUT2D eigenvalue weighted by Gasteiger charge is -1.97. The molecule has 1 aliphatic rings. The van der Waals surface area contributed by atoms with Crippen LogP contribution in [0.2, 0.25) is 0 Å². The van der Waals surface area contributed by atoms with Gasteiger partial charge in [0.05, 0.1) is 12.8 Å². The van der Waals surface area contributed by atoms with Crippen molar-refractivity contribution >= 4 is 23.5 Å². The summed E-state index contributed by atoms with van der Waals surface area (Å²) in [6.45, 7) is 1.73. The number of hydrogen-bond acceptors (Lipinski definition) is 5. The number of aliphatic imine (C=N–C) groups is 1. The fourth-order valence-electron chi connectivity index (χ4n) is 0.995. The molecule has 0 amide bonds. The molecule has 0 aromatic carbocycles. The molecular formula is C8H10N4S. The van der Waals surface area contributed by atoms with E-state index in [0.717, 1.165) is 23.9 Å². The second-order valence-electron chi connectivity index (χ2n) is 2.54. The van der Waals surface area contributed by atoms with Gasteiger partial charge in [-0.05, 0) is 11.4 Å². The second-order valence-corrected chi connectivity index (χ2v) is 3.52. The molecule has 0 bridgehead atoms. The van der Waals surface area contributed by atoms with Crippen LogP contribution in [0.5, 0.6) is 0 Å². The van der Waals surface area contributed by atoms with Crippen molar-refractivity contribution in [2.75, 3.05) is 13.1 Å². The lowest BCUT2D eigenvalue weighted by Crippen LogP contribution is -2.30. The lowest BCUT2D eigenvalue weighted by atomic mass is 10.5. The summed E-state index contributed by atoms with van der Waals surface area (Å²) in [5.74, 6) is 0.757. The summed E-state index contributed by atoms with van der Waals surface area (Å²) in [6.07, 6.45) is 1.78. The molecule has 5 heteroatoms. The van der Waals surface area contributed by atoms with Gasteiger partial charge in [0.15, 0.2) is 0 Å². The summed E-state index contributed by atoms with van der Waals surface area (Å²) in [4.78, 5) is 5.27. The Bertz CT molecular complexity index is 315. The van der Waals surface area contributed by atoms with E-state index >= 15 is 0 Å². The number of guanidine groups is 1. The predicted molar refractivity (Wildman–Crippen MR) is 55.4 cm³/mol. The third kappa shape index (κ3) is 2.29. The van der Waals surface area contributed by atoms with E-state index in [1.165, 1.54) is 0 Å². The monoisotopic (exact) mass is 194 g/mol. The van der Waals surface area contributed by atoms with E-state index in [1.807, 2.05) is 17.5 Å². The molecule has 1 aromatic rings. The van der Waals surface area contributed by atoms with Crippen molar-refractivity contribution in [3.05, 3.63) is 22.4 Å². The largest absolute Gasteiger partial charge is 0.353 e. The summed E-state index contributed by atoms with van der Waals surface area (Å²) in [5.41, 5.74) is 2.83. The van der Waals surface area contributed by atoms with Crippen LogP contribution >= 0.6 is 11.3 Å². The number of hydrogen-bond donors (Lipinski definition) is 2. The highest BCUT2D eigenvalue weighted by molar-refractivity contribution is 7.11. The summed E-state index contributed by atoms with van der Waals surface area (Å²) in [7, 11) is 0. The van der Waals surface area contributed by atoms with Crippen molar-refractivity contribution in [2.45, 2.75) is 0 Å². The van der Waals surface area contributed by atoms with Crippen LogP contribution < -0.4 is 10.7 Å². The molecule has 0 fully saturated rings. The number of nitrogens with one attached hydrogen (secondary N) is 2. The number of rotatable bonds is 2. The highest BCUT2D eigenvalue weighted by Gasteiger charge is 2.00. The van der Waals surface area contributed by atoms with Gasteiger partial charge in [-0.1, -0.05) is 6.07 Å². The lowest BCUT2D eigenvalue weighted by molar-refractivity contribution is 0.920. The first kappa shape index (κ1) is 8.25. The van der Waals surface area contributed by atoms with Gasteiger partial charge in [0.2, 0.25) is 5.96 Å². The maximum atomic E-state index is 4.14. The molecule has 13 heavy (non-hydrogen) atoms. The van der Waals surface area contributed by atoms with Gasteiger partial charge in [0.25, 0.3) is 0 Å². The van der Waals surface area contributed by atoms with Gasteiger partial charge in [-0.3, -0.25) is 0 Å². The van der Waals surface area contributed by atoms with Crippen LogP contribution in [0, 0.1) is 0 Å². The van der Waals surface area contributed by atoms with Crippen molar-refractivity contribution in [1.29, 1.82) is 0 Å². The van der Waals surface area contributed by atoms with Crippen LogP contribution in [0.15, 0.2) is 27.6 Å². The van der Waals surface area contributed by atoms with Crippen molar-refractivity contribution in [3.63, 3.8) is 0 Å². The Kier molecular flexibility index (Phi) is 2.56. The molecule has 0 atom stereocenters. The van der Waals surface area contributed by atoms with Gasteiger partial charge in [-0.25, -0.2) is 10.4 Å². The topological polar surface area (TPSA) is 48.8 Å². The standard InChI is InChI=1S/C8H10N4S/c1-2-7(13-5-1)6-11-12-8-9-3-4-10-8/h1-2,5-6H,3-4H2,(H2,9,10,12)/b11-6+. The normalized spacial score (nSPS) is 15.8. The Hall–Kier alpha value is -1.36. The Balaban J connectivity index is 1.85. The molecular weight excluding hydrogens is 184 g/mol. The third-order valence-corrected chi connectivity index (χ3v) is 2.39. The molecule has 1 aliphatic heterocycles. The van der Waals surface area contributed by atoms with Crippen molar-refractivity contribution in [3.8, 4) is 0 Å². The highest BCUT2D eigenvalue weighted by Crippen LogP contribution is 2.03. The maximum absolute atomic E-state index is 4.14. The Morgan fingerprint density at radius 2 is 2.69 bits per heavy atom. The molecule has 0 spiro atoms. The fraction of sp³-hybridized carbons (Fsp3) is 0.250. The molecule has 1 aromatic heterocycles. The molecule has 0 unspecified atom stereocenters. The zero-order chi connectivity index (χ0) is 8.93. The van der Waals surface area contributed by atoms with Crippen LogP contribution in [-0.4, -0.2) is 25.3 Å². The quantitative estimate of drug-likeness (QED) is 0.536. The van der Waals surface area contributed by atoms with Crippen LogP contribution in [0.25, 0.3) is 0 Å². The smallest absolute Gasteiger partial charge is 0.212 e. The molecule has 2 N–H and O–H groups in total. The van der Waals surface area contributed by atoms with Gasteiger partial charge in [0, 0.05) is 11.4 Å². The second kappa shape index (κ2) is 4.04. The Labute approximate surface area is 80.4 Å². The third-order valence-electron chi connectivity index (χ3n) is 1.58. The van der Waals surface area contributed by atoms with Crippen molar-refractivity contribution in [2.24, 2.45) is 10.1 Å². The van der Waals surface area contributed by atoms with Gasteiger partial charge < -0.3 is 5.32 Å². The van der Waals surface area contributed by atoms with E-state index in [-0.39, 0.29) is 0 Å². The number of nitrogens with zero attached hydrogens (tertiary/aromatic N) is 2. The molecule has 68 valence electrons. The minimum Gasteiger partial charge on any atom is -0.353 e. The van der Waals surface area contributed by atoms with E-state index < -0.39 is 0 Å². The van der Waals surface area contributed by atoms with E-state index in [0.29, 0.717) is 0 Å².